The molecule has 1 amide bonds. The number of phosphoric acid groups is 3. The first-order chi connectivity index (χ1) is 14.4. The van der Waals surface area contributed by atoms with E-state index in [1.54, 1.807) is 0 Å². The molecule has 1 saturated heterocycles. The van der Waals surface area contributed by atoms with Crippen molar-refractivity contribution in [1.82, 2.24) is 9.55 Å². The van der Waals surface area contributed by atoms with Gasteiger partial charge in [-0.1, -0.05) is 11.6 Å². The largest absolute Gasteiger partial charge is 0.490 e. The van der Waals surface area contributed by atoms with Gasteiger partial charge in [0.2, 0.25) is 0 Å². The molecular weight excluding hydrogens is 530 g/mol. The van der Waals surface area contributed by atoms with E-state index in [4.69, 9.17) is 36.8 Å². The van der Waals surface area contributed by atoms with Gasteiger partial charge in [0, 0.05) is 6.20 Å². The first kappa shape index (κ1) is 27.2. The van der Waals surface area contributed by atoms with Crippen LogP contribution in [0, 0.1) is 0 Å². The first-order valence-corrected chi connectivity index (χ1v) is 12.7. The molecule has 1 aromatic heterocycles. The Hall–Kier alpha value is -1.07. The number of halogens is 1. The zero-order valence-electron chi connectivity index (χ0n) is 15.1. The predicted molar refractivity (Wildman–Crippen MR) is 97.8 cm³/mol. The molecule has 22 heteroatoms. The second kappa shape index (κ2) is 9.66. The summed E-state index contributed by atoms with van der Waals surface area (Å²) in [5.41, 5.74) is 3.02. The van der Waals surface area contributed by atoms with Crippen LogP contribution in [-0.2, 0) is 31.6 Å². The third kappa shape index (κ3) is 6.96. The average molecular weight is 546 g/mol. The van der Waals surface area contributed by atoms with Crippen LogP contribution in [0.15, 0.2) is 11.0 Å². The van der Waals surface area contributed by atoms with Gasteiger partial charge in [0.15, 0.2) is 11.9 Å². The second-order valence-corrected chi connectivity index (χ2v) is 10.7. The molecule has 0 aromatic carbocycles. The molecular formula is C10H15ClN3O15P3. The number of nitrogens with zero attached hydrogens (tertiary/aromatic N) is 2. The van der Waals surface area contributed by atoms with Gasteiger partial charge in [-0.3, -0.25) is 18.7 Å². The number of primary amides is 1. The van der Waals surface area contributed by atoms with E-state index in [1.807, 2.05) is 0 Å². The number of phosphoric ester groups is 1. The maximum absolute atomic E-state index is 12.3. The van der Waals surface area contributed by atoms with E-state index in [9.17, 15) is 38.4 Å². The highest BCUT2D eigenvalue weighted by molar-refractivity contribution is 7.66. The summed E-state index contributed by atoms with van der Waals surface area (Å²) in [6.45, 7) is -1.12. The fourth-order valence-electron chi connectivity index (χ4n) is 2.40. The molecule has 32 heavy (non-hydrogen) atoms. The smallest absolute Gasteiger partial charge is 0.387 e. The van der Waals surface area contributed by atoms with Crippen LogP contribution in [0.25, 0.3) is 0 Å². The number of carbonyl (C=O) groups excluding carboxylic acids is 1. The summed E-state index contributed by atoms with van der Waals surface area (Å²) < 4.78 is 50.7. The van der Waals surface area contributed by atoms with Crippen molar-refractivity contribution in [2.45, 2.75) is 24.5 Å². The fourth-order valence-corrected chi connectivity index (χ4v) is 5.62. The summed E-state index contributed by atoms with van der Waals surface area (Å²) in [5.74, 6) is -1.26. The number of ether oxygens (including phenoxy) is 1. The van der Waals surface area contributed by atoms with E-state index < -0.39 is 76.9 Å². The molecule has 18 nitrogen and oxygen atoms in total. The Kier molecular flexibility index (Phi) is 8.20. The van der Waals surface area contributed by atoms with Gasteiger partial charge in [-0.05, 0) is 0 Å². The highest BCUT2D eigenvalue weighted by Crippen LogP contribution is 2.66. The zero-order valence-corrected chi connectivity index (χ0v) is 18.6. The number of amides is 1. The molecule has 2 rings (SSSR count). The Bertz CT molecular complexity index is 1090. The van der Waals surface area contributed by atoms with Crippen LogP contribution in [0.5, 0.6) is 0 Å². The molecule has 8 N–H and O–H groups in total. The summed E-state index contributed by atoms with van der Waals surface area (Å²) >= 11 is 5.69. The van der Waals surface area contributed by atoms with Crippen molar-refractivity contribution >= 4 is 41.0 Å². The standard InChI is InChI=1S/C10H15ClN3O15P3/c11-4-1-14(9(18)5(13-4)8(12)17)10-7(16)6(15)3(27-10)2-26-31(22,23)29-32(24,25)28-30(19,20)21/h1,3,6-7,10,15-16H,2H2,(H2,12,17)(H,22,23)(H,24,25)(H2,19,20,21)/t3-,6-,7-,10-/m1/s1. The lowest BCUT2D eigenvalue weighted by Crippen LogP contribution is -2.38. The van der Waals surface area contributed by atoms with Crippen LogP contribution in [0.4, 0.5) is 0 Å². The molecule has 2 heterocycles. The molecule has 0 aliphatic carbocycles. The molecule has 1 fully saturated rings. The average Bonchev–Trinajstić information content (AvgIpc) is 2.86. The van der Waals surface area contributed by atoms with Gasteiger partial charge >= 0.3 is 23.5 Å². The number of nitrogens with two attached hydrogens (primary N) is 1. The Morgan fingerprint density at radius 3 is 2.28 bits per heavy atom. The van der Waals surface area contributed by atoms with Gasteiger partial charge in [-0.25, -0.2) is 18.7 Å². The van der Waals surface area contributed by atoms with Crippen LogP contribution in [-0.4, -0.2) is 70.2 Å². The van der Waals surface area contributed by atoms with Crippen LogP contribution in [0.2, 0.25) is 5.15 Å². The minimum absolute atomic E-state index is 0.416. The van der Waals surface area contributed by atoms with Crippen LogP contribution in [0.1, 0.15) is 16.7 Å². The van der Waals surface area contributed by atoms with Crippen molar-refractivity contribution in [3.8, 4) is 0 Å². The summed E-state index contributed by atoms with van der Waals surface area (Å²) in [7, 11) is -16.9. The van der Waals surface area contributed by atoms with Crippen molar-refractivity contribution in [1.29, 1.82) is 0 Å². The maximum atomic E-state index is 12.3. The Morgan fingerprint density at radius 1 is 1.16 bits per heavy atom. The highest BCUT2D eigenvalue weighted by Gasteiger charge is 2.47. The summed E-state index contributed by atoms with van der Waals surface area (Å²) in [5, 5.41) is 19.8. The number of hydrogen-bond donors (Lipinski definition) is 7. The van der Waals surface area contributed by atoms with Gasteiger partial charge in [0.05, 0.1) is 6.61 Å². The minimum Gasteiger partial charge on any atom is -0.387 e. The lowest BCUT2D eigenvalue weighted by Gasteiger charge is -2.19. The topological polar surface area (TPSA) is 287 Å². The summed E-state index contributed by atoms with van der Waals surface area (Å²) in [4.78, 5) is 62.5. The van der Waals surface area contributed by atoms with Crippen molar-refractivity contribution in [3.63, 3.8) is 0 Å². The molecule has 2 unspecified atom stereocenters. The maximum Gasteiger partial charge on any atom is 0.490 e. The Labute approximate surface area is 181 Å². The van der Waals surface area contributed by atoms with Crippen LogP contribution in [0.3, 0.4) is 0 Å². The molecule has 182 valence electrons. The Morgan fingerprint density at radius 2 is 1.75 bits per heavy atom. The van der Waals surface area contributed by atoms with E-state index in [-0.39, 0.29) is 0 Å². The first-order valence-electron chi connectivity index (χ1n) is 7.81. The van der Waals surface area contributed by atoms with Gasteiger partial charge < -0.3 is 40.3 Å². The molecule has 0 spiro atoms. The number of rotatable bonds is 9. The molecule has 0 saturated carbocycles. The summed E-state index contributed by atoms with van der Waals surface area (Å²) in [6.07, 6.45) is -6.33. The number of aliphatic hydroxyl groups is 2. The van der Waals surface area contributed by atoms with Crippen LogP contribution < -0.4 is 11.3 Å². The quantitative estimate of drug-likeness (QED) is 0.164. The van der Waals surface area contributed by atoms with Crippen molar-refractivity contribution in [2.75, 3.05) is 6.61 Å². The van der Waals surface area contributed by atoms with Gasteiger partial charge in [0.25, 0.3) is 11.5 Å². The number of aromatic nitrogens is 2. The predicted octanol–water partition coefficient (Wildman–Crippen LogP) is -2.04. The lowest BCUT2D eigenvalue weighted by molar-refractivity contribution is -0.0537. The lowest BCUT2D eigenvalue weighted by atomic mass is 10.1. The molecule has 1 aromatic rings. The van der Waals surface area contributed by atoms with E-state index in [2.05, 4.69) is 18.1 Å². The van der Waals surface area contributed by atoms with Gasteiger partial charge in [-0.15, -0.1) is 0 Å². The number of carbonyl (C=O) groups is 1. The monoisotopic (exact) mass is 545 g/mol. The van der Waals surface area contributed by atoms with E-state index in [0.29, 0.717) is 4.57 Å². The van der Waals surface area contributed by atoms with Crippen molar-refractivity contribution in [2.24, 2.45) is 5.73 Å². The highest BCUT2D eigenvalue weighted by atomic mass is 35.5. The number of hydrogen-bond acceptors (Lipinski definition) is 12. The SMILES string of the molecule is NC(=O)c1nc(Cl)cn([C@@H]2O[C@H](COP(=O)(O)OP(=O)(O)OP(=O)(O)O)[C@@H](O)[C@H]2O)c1=O. The van der Waals surface area contributed by atoms with Crippen molar-refractivity contribution in [3.05, 3.63) is 27.4 Å². The van der Waals surface area contributed by atoms with Crippen molar-refractivity contribution < 1.29 is 66.2 Å². The third-order valence-electron chi connectivity index (χ3n) is 3.56. The molecule has 0 bridgehead atoms. The molecule has 1 aliphatic heterocycles. The zero-order chi connectivity index (χ0) is 24.6. The molecule has 0 radical (unpaired) electrons. The van der Waals surface area contributed by atoms with E-state index >= 15 is 0 Å². The number of aliphatic hydroxyl groups excluding tert-OH is 2. The van der Waals surface area contributed by atoms with Crippen LogP contribution >= 0.6 is 35.1 Å². The van der Waals surface area contributed by atoms with Gasteiger partial charge in [-0.2, -0.15) is 8.62 Å². The Balaban J connectivity index is 2.16. The minimum atomic E-state index is -5.78. The van der Waals surface area contributed by atoms with E-state index in [0.717, 1.165) is 6.20 Å². The molecule has 1 aliphatic rings. The van der Waals surface area contributed by atoms with E-state index in [1.165, 1.54) is 0 Å². The third-order valence-corrected chi connectivity index (χ3v) is 7.55. The summed E-state index contributed by atoms with van der Waals surface area (Å²) in [6, 6.07) is 0. The normalized spacial score (nSPS) is 27.6. The second-order valence-electron chi connectivity index (χ2n) is 5.92. The fraction of sp³-hybridized carbons (Fsp3) is 0.500. The van der Waals surface area contributed by atoms with Gasteiger partial charge in [0.1, 0.15) is 23.5 Å². The molecule has 6 atom stereocenters.